The predicted octanol–water partition coefficient (Wildman–Crippen LogP) is 2.54. The third kappa shape index (κ3) is 4.25. The molecule has 7 nitrogen and oxygen atoms in total. The molecule has 1 aliphatic rings. The molecule has 23 heavy (non-hydrogen) atoms. The summed E-state index contributed by atoms with van der Waals surface area (Å²) in [6.45, 7) is 9.48. The second kappa shape index (κ2) is 6.90. The number of fused-ring (bicyclic) bond motifs is 1. The van der Waals surface area contributed by atoms with Gasteiger partial charge in [-0.15, -0.1) is 0 Å². The first-order valence-electron chi connectivity index (χ1n) is 7.74. The lowest BCUT2D eigenvalue weighted by atomic mass is 10.2. The molecule has 2 amide bonds. The topological polar surface area (TPSA) is 76.5 Å². The van der Waals surface area contributed by atoms with E-state index in [0.717, 1.165) is 12.1 Å². The highest BCUT2D eigenvalue weighted by atomic mass is 79.9. The van der Waals surface area contributed by atoms with Gasteiger partial charge in [-0.05, 0) is 50.0 Å². The summed E-state index contributed by atoms with van der Waals surface area (Å²) >= 11 is 3.40. The van der Waals surface area contributed by atoms with Gasteiger partial charge in [-0.2, -0.15) is 0 Å². The smallest absolute Gasteiger partial charge is 0.410 e. The van der Waals surface area contributed by atoms with E-state index >= 15 is 0 Å². The van der Waals surface area contributed by atoms with E-state index in [0.29, 0.717) is 36.6 Å². The first-order valence-corrected chi connectivity index (χ1v) is 8.53. The van der Waals surface area contributed by atoms with Crippen LogP contribution in [-0.2, 0) is 17.8 Å². The van der Waals surface area contributed by atoms with Crippen LogP contribution in [-0.4, -0.2) is 45.1 Å². The Labute approximate surface area is 144 Å². The molecule has 0 unspecified atom stereocenters. The maximum Gasteiger partial charge on any atom is 0.410 e. The van der Waals surface area contributed by atoms with Gasteiger partial charge in [-0.3, -0.25) is 4.79 Å². The molecule has 2 heterocycles. The van der Waals surface area contributed by atoms with Gasteiger partial charge in [0.25, 0.3) is 5.91 Å². The van der Waals surface area contributed by atoms with Gasteiger partial charge in [0.05, 0.1) is 12.2 Å². The van der Waals surface area contributed by atoms with Crippen LogP contribution in [0.2, 0.25) is 0 Å². The molecular formula is C15H23BrN4O3. The number of ether oxygens (including phenoxy) is 1. The molecule has 0 atom stereocenters. The highest BCUT2D eigenvalue weighted by molar-refractivity contribution is 9.10. The number of rotatable bonds is 2. The van der Waals surface area contributed by atoms with E-state index in [1.54, 1.807) is 4.90 Å². The summed E-state index contributed by atoms with van der Waals surface area (Å²) in [5.74, 6) is -0.229. The minimum Gasteiger partial charge on any atom is -0.444 e. The van der Waals surface area contributed by atoms with Crippen molar-refractivity contribution in [1.82, 2.24) is 19.8 Å². The fourth-order valence-electron chi connectivity index (χ4n) is 2.43. The Balaban J connectivity index is 2.28. The molecule has 0 aliphatic carbocycles. The minimum absolute atomic E-state index is 0.229. The van der Waals surface area contributed by atoms with Crippen molar-refractivity contribution in [1.29, 1.82) is 0 Å². The van der Waals surface area contributed by atoms with Crippen LogP contribution in [0.4, 0.5) is 4.79 Å². The second-order valence-electron chi connectivity index (χ2n) is 6.44. The average Bonchev–Trinajstić information content (AvgIpc) is 2.61. The van der Waals surface area contributed by atoms with Gasteiger partial charge in [0.1, 0.15) is 5.60 Å². The van der Waals surface area contributed by atoms with Crippen LogP contribution in [0.15, 0.2) is 4.73 Å². The van der Waals surface area contributed by atoms with Crippen LogP contribution in [0, 0.1) is 0 Å². The summed E-state index contributed by atoms with van der Waals surface area (Å²) in [6, 6.07) is 0. The summed E-state index contributed by atoms with van der Waals surface area (Å²) in [4.78, 5) is 30.5. The summed E-state index contributed by atoms with van der Waals surface area (Å²) in [5, 5.41) is 2.76. The first-order chi connectivity index (χ1) is 10.7. The van der Waals surface area contributed by atoms with E-state index in [1.807, 2.05) is 32.3 Å². The monoisotopic (exact) mass is 386 g/mol. The molecule has 0 aromatic carbocycles. The van der Waals surface area contributed by atoms with E-state index in [1.165, 1.54) is 0 Å². The van der Waals surface area contributed by atoms with Crippen molar-refractivity contribution in [3.8, 4) is 0 Å². The quantitative estimate of drug-likeness (QED) is 0.846. The second-order valence-corrected chi connectivity index (χ2v) is 7.15. The SMILES string of the molecule is CCNC(=O)c1nc(Br)n2c1CN(C(=O)OC(C)(C)C)CCC2. The van der Waals surface area contributed by atoms with Crippen molar-refractivity contribution in [3.63, 3.8) is 0 Å². The molecule has 0 radical (unpaired) electrons. The van der Waals surface area contributed by atoms with E-state index in [2.05, 4.69) is 26.2 Å². The van der Waals surface area contributed by atoms with Gasteiger partial charge in [-0.1, -0.05) is 0 Å². The molecule has 0 saturated heterocycles. The molecule has 1 aromatic heterocycles. The third-order valence-electron chi connectivity index (χ3n) is 3.38. The minimum atomic E-state index is -0.549. The number of carbonyl (C=O) groups excluding carboxylic acids is 2. The van der Waals surface area contributed by atoms with Crippen LogP contribution >= 0.6 is 15.9 Å². The molecule has 128 valence electrons. The van der Waals surface area contributed by atoms with Crippen LogP contribution in [0.1, 0.15) is 50.3 Å². The normalized spacial score (nSPS) is 14.9. The number of nitrogens with one attached hydrogen (secondary N) is 1. The number of aromatic nitrogens is 2. The van der Waals surface area contributed by atoms with Crippen molar-refractivity contribution in [3.05, 3.63) is 16.1 Å². The summed E-state index contributed by atoms with van der Waals surface area (Å²) < 4.78 is 8.00. The van der Waals surface area contributed by atoms with Gasteiger partial charge in [0.15, 0.2) is 10.4 Å². The Morgan fingerprint density at radius 3 is 2.65 bits per heavy atom. The predicted molar refractivity (Wildman–Crippen MR) is 89.2 cm³/mol. The number of halogens is 1. The zero-order valence-electron chi connectivity index (χ0n) is 14.0. The van der Waals surface area contributed by atoms with Crippen molar-refractivity contribution in [2.24, 2.45) is 0 Å². The molecule has 2 rings (SSSR count). The molecule has 1 N–H and O–H groups in total. The highest BCUT2D eigenvalue weighted by Gasteiger charge is 2.29. The number of nitrogens with zero attached hydrogens (tertiary/aromatic N) is 3. The zero-order valence-corrected chi connectivity index (χ0v) is 15.6. The van der Waals surface area contributed by atoms with Crippen molar-refractivity contribution >= 4 is 27.9 Å². The fourth-order valence-corrected chi connectivity index (χ4v) is 3.00. The van der Waals surface area contributed by atoms with Gasteiger partial charge in [0, 0.05) is 19.6 Å². The fraction of sp³-hybridized carbons (Fsp3) is 0.667. The number of amides is 2. The van der Waals surface area contributed by atoms with Crippen LogP contribution in [0.3, 0.4) is 0 Å². The van der Waals surface area contributed by atoms with Gasteiger partial charge in [-0.25, -0.2) is 9.78 Å². The third-order valence-corrected chi connectivity index (χ3v) is 3.99. The zero-order chi connectivity index (χ0) is 17.2. The van der Waals surface area contributed by atoms with Gasteiger partial charge < -0.3 is 19.5 Å². The lowest BCUT2D eigenvalue weighted by Crippen LogP contribution is -2.37. The Morgan fingerprint density at radius 2 is 2.04 bits per heavy atom. The Hall–Kier alpha value is -1.57. The molecule has 0 bridgehead atoms. The average molecular weight is 387 g/mol. The highest BCUT2D eigenvalue weighted by Crippen LogP contribution is 2.23. The number of hydrogen-bond donors (Lipinski definition) is 1. The lowest BCUT2D eigenvalue weighted by molar-refractivity contribution is 0.0235. The summed E-state index contributed by atoms with van der Waals surface area (Å²) in [6.07, 6.45) is 0.404. The van der Waals surface area contributed by atoms with E-state index < -0.39 is 5.60 Å². The largest absolute Gasteiger partial charge is 0.444 e. The molecule has 1 aliphatic heterocycles. The van der Waals surface area contributed by atoms with Crippen molar-refractivity contribution in [2.75, 3.05) is 13.1 Å². The van der Waals surface area contributed by atoms with Gasteiger partial charge in [0.2, 0.25) is 0 Å². The molecule has 0 saturated carbocycles. The first kappa shape index (κ1) is 17.8. The van der Waals surface area contributed by atoms with Crippen LogP contribution < -0.4 is 5.32 Å². The van der Waals surface area contributed by atoms with Gasteiger partial charge >= 0.3 is 6.09 Å². The van der Waals surface area contributed by atoms with E-state index in [9.17, 15) is 9.59 Å². The summed E-state index contributed by atoms with van der Waals surface area (Å²) in [5.41, 5.74) is 0.535. The van der Waals surface area contributed by atoms with Crippen molar-refractivity contribution < 1.29 is 14.3 Å². The van der Waals surface area contributed by atoms with E-state index in [4.69, 9.17) is 4.74 Å². The number of imidazole rings is 1. The molecule has 8 heteroatoms. The standard InChI is InChI=1S/C15H23BrN4O3/c1-5-17-12(21)11-10-9-19(14(22)23-15(2,3)4)7-6-8-20(10)13(16)18-11/h5-9H2,1-4H3,(H,17,21). The maximum atomic E-state index is 12.4. The maximum absolute atomic E-state index is 12.4. The molecular weight excluding hydrogens is 364 g/mol. The van der Waals surface area contributed by atoms with Crippen molar-refractivity contribution in [2.45, 2.75) is 52.8 Å². The summed E-state index contributed by atoms with van der Waals surface area (Å²) in [7, 11) is 0. The number of hydrogen-bond acceptors (Lipinski definition) is 4. The van der Waals surface area contributed by atoms with Crippen LogP contribution in [0.25, 0.3) is 0 Å². The molecule has 0 fully saturated rings. The van der Waals surface area contributed by atoms with E-state index in [-0.39, 0.29) is 12.0 Å². The molecule has 1 aromatic rings. The Bertz CT molecular complexity index is 607. The Morgan fingerprint density at radius 1 is 1.35 bits per heavy atom. The number of carbonyl (C=O) groups is 2. The lowest BCUT2D eigenvalue weighted by Gasteiger charge is -2.26. The molecule has 0 spiro atoms. The Kier molecular flexibility index (Phi) is 5.33. The van der Waals surface area contributed by atoms with Crippen LogP contribution in [0.5, 0.6) is 0 Å².